The number of ether oxygens (including phenoxy) is 1. The summed E-state index contributed by atoms with van der Waals surface area (Å²) in [5.74, 6) is -0.306. The van der Waals surface area contributed by atoms with Crippen LogP contribution in [0.4, 0.5) is 5.00 Å². The van der Waals surface area contributed by atoms with E-state index in [1.807, 2.05) is 12.1 Å². The zero-order valence-corrected chi connectivity index (χ0v) is 16.0. The van der Waals surface area contributed by atoms with Gasteiger partial charge in [-0.15, -0.1) is 11.3 Å². The van der Waals surface area contributed by atoms with Gasteiger partial charge in [0.15, 0.2) is 0 Å². The van der Waals surface area contributed by atoms with E-state index >= 15 is 0 Å². The lowest BCUT2D eigenvalue weighted by atomic mass is 10.0. The van der Waals surface area contributed by atoms with Crippen LogP contribution in [0.1, 0.15) is 23.0 Å². The molecule has 3 aromatic rings. The number of benzene rings is 1. The number of carbonyl (C=O) groups is 2. The molecule has 5 nitrogen and oxygen atoms in total. The number of hydrogen-bond acceptors (Lipinski definition) is 5. The summed E-state index contributed by atoms with van der Waals surface area (Å²) in [6, 6.07) is 10.6. The zero-order chi connectivity index (χ0) is 19.2. The van der Waals surface area contributed by atoms with Crippen LogP contribution in [0.5, 0.6) is 0 Å². The summed E-state index contributed by atoms with van der Waals surface area (Å²) in [4.78, 5) is 24.7. The molecule has 3 rings (SSSR count). The topological polar surface area (TPSA) is 68.5 Å². The highest BCUT2D eigenvalue weighted by atomic mass is 35.5. The molecule has 0 unspecified atom stereocenters. The van der Waals surface area contributed by atoms with E-state index in [0.717, 1.165) is 5.56 Å². The Morgan fingerprint density at radius 1 is 1.26 bits per heavy atom. The first-order valence-electron chi connectivity index (χ1n) is 8.15. The highest BCUT2D eigenvalue weighted by molar-refractivity contribution is 7.15. The minimum Gasteiger partial charge on any atom is -0.465 e. The normalized spacial score (nSPS) is 10.9. The molecule has 0 aliphatic rings. The molecule has 0 aliphatic heterocycles. The molecule has 0 aliphatic carbocycles. The van der Waals surface area contributed by atoms with Crippen molar-refractivity contribution in [2.45, 2.75) is 6.92 Å². The lowest BCUT2D eigenvalue weighted by Gasteiger charge is -2.08. The first-order chi connectivity index (χ1) is 13.1. The zero-order valence-electron chi connectivity index (χ0n) is 14.4. The molecular weight excluding hydrogens is 386 g/mol. The Morgan fingerprint density at radius 3 is 2.70 bits per heavy atom. The average Bonchev–Trinajstić information content (AvgIpc) is 3.31. The highest BCUT2D eigenvalue weighted by Gasteiger charge is 2.22. The number of rotatable bonds is 6. The number of esters is 1. The standard InChI is InChI=1S/C20H16ClNO4S/c1-2-25-20(24)18-16(13-5-7-14(21)8-6-13)12-27-19(18)22-17(23)10-9-15-4-3-11-26-15/h3-12H,2H2,1H3,(H,22,23). The third kappa shape index (κ3) is 4.67. The molecule has 0 spiro atoms. The van der Waals surface area contributed by atoms with Crippen LogP contribution >= 0.6 is 22.9 Å². The van der Waals surface area contributed by atoms with Crippen LogP contribution in [-0.4, -0.2) is 18.5 Å². The summed E-state index contributed by atoms with van der Waals surface area (Å²) < 4.78 is 10.3. The van der Waals surface area contributed by atoms with Gasteiger partial charge in [-0.1, -0.05) is 23.7 Å². The fraction of sp³-hybridized carbons (Fsp3) is 0.100. The molecule has 0 fully saturated rings. The third-order valence-corrected chi connectivity index (χ3v) is 4.75. The summed E-state index contributed by atoms with van der Waals surface area (Å²) in [7, 11) is 0. The second-order valence-corrected chi connectivity index (χ2v) is 6.73. The summed E-state index contributed by atoms with van der Waals surface area (Å²) in [6.07, 6.45) is 4.41. The van der Waals surface area contributed by atoms with Crippen molar-refractivity contribution >= 4 is 45.9 Å². The Labute approximate surface area is 165 Å². The monoisotopic (exact) mass is 401 g/mol. The predicted molar refractivity (Wildman–Crippen MR) is 107 cm³/mol. The maximum atomic E-state index is 12.5. The summed E-state index contributed by atoms with van der Waals surface area (Å²) in [5.41, 5.74) is 1.81. The molecule has 0 atom stereocenters. The molecule has 0 radical (unpaired) electrons. The summed E-state index contributed by atoms with van der Waals surface area (Å²) in [5, 5.41) is 5.57. The Hall–Kier alpha value is -2.83. The molecule has 27 heavy (non-hydrogen) atoms. The van der Waals surface area contributed by atoms with Crippen LogP contribution in [-0.2, 0) is 9.53 Å². The molecule has 1 amide bonds. The van der Waals surface area contributed by atoms with Crippen LogP contribution in [0, 0.1) is 0 Å². The molecule has 138 valence electrons. The van der Waals surface area contributed by atoms with Gasteiger partial charge >= 0.3 is 5.97 Å². The third-order valence-electron chi connectivity index (χ3n) is 3.60. The number of thiophene rings is 1. The maximum Gasteiger partial charge on any atom is 0.341 e. The van der Waals surface area contributed by atoms with Gasteiger partial charge in [0.1, 0.15) is 16.3 Å². The maximum absolute atomic E-state index is 12.5. The fourth-order valence-electron chi connectivity index (χ4n) is 2.40. The second-order valence-electron chi connectivity index (χ2n) is 5.42. The minimum atomic E-state index is -0.492. The van der Waals surface area contributed by atoms with Crippen molar-refractivity contribution in [2.75, 3.05) is 11.9 Å². The van der Waals surface area contributed by atoms with E-state index in [1.165, 1.54) is 23.7 Å². The van der Waals surface area contributed by atoms with Crippen LogP contribution in [0.15, 0.2) is 58.5 Å². The van der Waals surface area contributed by atoms with Gasteiger partial charge in [0.25, 0.3) is 0 Å². The van der Waals surface area contributed by atoms with Gasteiger partial charge in [-0.2, -0.15) is 0 Å². The molecule has 7 heteroatoms. The van der Waals surface area contributed by atoms with E-state index in [9.17, 15) is 9.59 Å². The van der Waals surface area contributed by atoms with Crippen LogP contribution in [0.2, 0.25) is 5.02 Å². The Kier molecular flexibility index (Phi) is 6.11. The largest absolute Gasteiger partial charge is 0.465 e. The Balaban J connectivity index is 1.89. The van der Waals surface area contributed by atoms with Gasteiger partial charge in [0.2, 0.25) is 5.91 Å². The smallest absolute Gasteiger partial charge is 0.341 e. The van der Waals surface area contributed by atoms with Crippen molar-refractivity contribution in [2.24, 2.45) is 0 Å². The summed E-state index contributed by atoms with van der Waals surface area (Å²) >= 11 is 7.20. The fourth-order valence-corrected chi connectivity index (χ4v) is 3.48. The number of carbonyl (C=O) groups excluding carboxylic acids is 2. The minimum absolute atomic E-state index is 0.237. The Bertz CT molecular complexity index is 959. The lowest BCUT2D eigenvalue weighted by Crippen LogP contribution is -2.12. The van der Waals surface area contributed by atoms with Gasteiger partial charge < -0.3 is 14.5 Å². The van der Waals surface area contributed by atoms with Crippen LogP contribution < -0.4 is 5.32 Å². The number of nitrogens with one attached hydrogen (secondary N) is 1. The molecule has 2 aromatic heterocycles. The van der Waals surface area contributed by atoms with Gasteiger partial charge in [-0.25, -0.2) is 4.79 Å². The average molecular weight is 402 g/mol. The quantitative estimate of drug-likeness (QED) is 0.438. The van der Waals surface area contributed by atoms with Crippen molar-refractivity contribution in [1.29, 1.82) is 0 Å². The van der Waals surface area contributed by atoms with Gasteiger partial charge in [0.05, 0.1) is 12.9 Å². The Morgan fingerprint density at radius 2 is 2.04 bits per heavy atom. The molecule has 0 bridgehead atoms. The molecule has 1 aromatic carbocycles. The molecule has 0 saturated heterocycles. The molecule has 0 saturated carbocycles. The van der Waals surface area contributed by atoms with Crippen molar-refractivity contribution in [3.63, 3.8) is 0 Å². The van der Waals surface area contributed by atoms with Crippen molar-refractivity contribution < 1.29 is 18.7 Å². The predicted octanol–water partition coefficient (Wildman–Crippen LogP) is 5.49. The lowest BCUT2D eigenvalue weighted by molar-refractivity contribution is -0.111. The van der Waals surface area contributed by atoms with Crippen molar-refractivity contribution in [3.05, 3.63) is 70.5 Å². The highest BCUT2D eigenvalue weighted by Crippen LogP contribution is 2.36. The second kappa shape index (κ2) is 8.70. The molecule has 1 N–H and O–H groups in total. The van der Waals surface area contributed by atoms with E-state index in [2.05, 4.69) is 5.32 Å². The molecular formula is C20H16ClNO4S. The van der Waals surface area contributed by atoms with Gasteiger partial charge in [-0.05, 0) is 42.8 Å². The molecule has 2 heterocycles. The number of furan rings is 1. The van der Waals surface area contributed by atoms with Crippen molar-refractivity contribution in [1.82, 2.24) is 0 Å². The van der Waals surface area contributed by atoms with E-state index in [1.54, 1.807) is 42.6 Å². The van der Waals surface area contributed by atoms with Gasteiger partial charge in [0, 0.05) is 22.0 Å². The number of halogens is 1. The first kappa shape index (κ1) is 18.9. The number of amides is 1. The SMILES string of the molecule is CCOC(=O)c1c(-c2ccc(Cl)cc2)csc1NC(=O)C=Cc1ccco1. The first-order valence-corrected chi connectivity index (χ1v) is 9.41. The van der Waals surface area contributed by atoms with Crippen LogP contribution in [0.25, 0.3) is 17.2 Å². The summed E-state index contributed by atoms with van der Waals surface area (Å²) in [6.45, 7) is 1.97. The van der Waals surface area contributed by atoms with E-state index in [-0.39, 0.29) is 12.5 Å². The van der Waals surface area contributed by atoms with E-state index in [0.29, 0.717) is 26.9 Å². The number of anilines is 1. The van der Waals surface area contributed by atoms with E-state index < -0.39 is 5.97 Å². The van der Waals surface area contributed by atoms with E-state index in [4.69, 9.17) is 20.8 Å². The van der Waals surface area contributed by atoms with Crippen LogP contribution in [0.3, 0.4) is 0 Å². The van der Waals surface area contributed by atoms with Gasteiger partial charge in [-0.3, -0.25) is 4.79 Å². The van der Waals surface area contributed by atoms with Crippen molar-refractivity contribution in [3.8, 4) is 11.1 Å². The number of hydrogen-bond donors (Lipinski definition) is 1.